The Kier molecular flexibility index (Phi) is 5.46. The zero-order valence-corrected chi connectivity index (χ0v) is 12.3. The molecule has 1 aliphatic carbocycles. The van der Waals surface area contributed by atoms with Crippen molar-refractivity contribution >= 4 is 11.6 Å². The summed E-state index contributed by atoms with van der Waals surface area (Å²) in [5.41, 5.74) is 5.89. The largest absolute Gasteiger partial charge is 0.482 e. The maximum absolute atomic E-state index is 13.2. The number of rotatable bonds is 5. The molecule has 0 heterocycles. The van der Waals surface area contributed by atoms with Crippen molar-refractivity contribution in [1.82, 2.24) is 0 Å². The molecule has 0 saturated heterocycles. The van der Waals surface area contributed by atoms with E-state index in [4.69, 9.17) is 5.73 Å². The van der Waals surface area contributed by atoms with Gasteiger partial charge in [0, 0.05) is 18.5 Å². The van der Waals surface area contributed by atoms with Crippen molar-refractivity contribution in [3.8, 4) is 5.75 Å². The third-order valence-electron chi connectivity index (χ3n) is 3.77. The van der Waals surface area contributed by atoms with Gasteiger partial charge in [0.1, 0.15) is 11.6 Å². The highest BCUT2D eigenvalue weighted by atomic mass is 19.4. The van der Waals surface area contributed by atoms with Gasteiger partial charge < -0.3 is 15.8 Å². The van der Waals surface area contributed by atoms with Crippen molar-refractivity contribution in [3.05, 3.63) is 24.0 Å². The Balaban J connectivity index is 2.01. The lowest BCUT2D eigenvalue weighted by molar-refractivity contribution is -0.153. The fraction of sp³-hybridized carbons (Fsp3) is 0.533. The lowest BCUT2D eigenvalue weighted by atomic mass is 10.00. The normalized spacial score (nSPS) is 21.3. The van der Waals surface area contributed by atoms with Crippen LogP contribution in [0.2, 0.25) is 0 Å². The van der Waals surface area contributed by atoms with E-state index in [1.165, 1.54) is 6.07 Å². The average molecular weight is 334 g/mol. The zero-order valence-electron chi connectivity index (χ0n) is 12.3. The molecule has 2 rings (SSSR count). The van der Waals surface area contributed by atoms with Crippen LogP contribution < -0.4 is 15.8 Å². The first-order valence-corrected chi connectivity index (χ1v) is 7.29. The summed E-state index contributed by atoms with van der Waals surface area (Å²) in [4.78, 5) is 12.0. The molecule has 0 aliphatic heterocycles. The number of carbonyl (C=O) groups is 1. The van der Waals surface area contributed by atoms with Crippen LogP contribution in [0, 0.1) is 11.7 Å². The van der Waals surface area contributed by atoms with Crippen molar-refractivity contribution in [2.24, 2.45) is 11.7 Å². The van der Waals surface area contributed by atoms with E-state index in [0.717, 1.165) is 31.4 Å². The first-order valence-electron chi connectivity index (χ1n) is 7.29. The topological polar surface area (TPSA) is 64.4 Å². The van der Waals surface area contributed by atoms with Crippen LogP contribution in [-0.2, 0) is 4.79 Å². The highest BCUT2D eigenvalue weighted by Gasteiger charge is 2.29. The second-order valence-electron chi connectivity index (χ2n) is 5.65. The van der Waals surface area contributed by atoms with Gasteiger partial charge in [-0.3, -0.25) is 4.79 Å². The lowest BCUT2D eigenvalue weighted by Crippen LogP contribution is -2.28. The minimum Gasteiger partial charge on any atom is -0.482 e. The predicted molar refractivity (Wildman–Crippen MR) is 76.5 cm³/mol. The molecule has 0 bridgehead atoms. The number of nitrogens with two attached hydrogens (primary N) is 1. The molecule has 3 N–H and O–H groups in total. The zero-order chi connectivity index (χ0) is 17.0. The third-order valence-corrected chi connectivity index (χ3v) is 3.77. The molecule has 0 unspecified atom stereocenters. The Morgan fingerprint density at radius 2 is 2.09 bits per heavy atom. The molecule has 8 heteroatoms. The second kappa shape index (κ2) is 7.16. The van der Waals surface area contributed by atoms with Crippen LogP contribution in [0.3, 0.4) is 0 Å². The van der Waals surface area contributed by atoms with E-state index in [1.807, 2.05) is 0 Å². The number of alkyl halides is 3. The Bertz CT molecular complexity index is 563. The predicted octanol–water partition coefficient (Wildman–Crippen LogP) is 3.22. The molecule has 1 aromatic rings. The molecular weight excluding hydrogens is 316 g/mol. The number of ether oxygens (including phenoxy) is 1. The molecule has 0 radical (unpaired) electrons. The molecule has 4 nitrogen and oxygen atoms in total. The maximum atomic E-state index is 13.2. The molecule has 1 saturated carbocycles. The summed E-state index contributed by atoms with van der Waals surface area (Å²) >= 11 is 0. The van der Waals surface area contributed by atoms with Crippen LogP contribution in [0.1, 0.15) is 25.7 Å². The molecule has 1 aliphatic rings. The number of hydrogen-bond donors (Lipinski definition) is 2. The fourth-order valence-corrected chi connectivity index (χ4v) is 2.64. The molecule has 1 aromatic carbocycles. The van der Waals surface area contributed by atoms with Crippen molar-refractivity contribution in [2.75, 3.05) is 11.9 Å². The van der Waals surface area contributed by atoms with E-state index in [2.05, 4.69) is 10.1 Å². The molecule has 0 aromatic heterocycles. The second-order valence-corrected chi connectivity index (χ2v) is 5.65. The van der Waals surface area contributed by atoms with Gasteiger partial charge >= 0.3 is 6.18 Å². The Morgan fingerprint density at radius 1 is 1.35 bits per heavy atom. The summed E-state index contributed by atoms with van der Waals surface area (Å²) in [5.74, 6) is -1.44. The summed E-state index contributed by atoms with van der Waals surface area (Å²) < 4.78 is 54.5. The van der Waals surface area contributed by atoms with Crippen LogP contribution in [-0.4, -0.2) is 24.7 Å². The molecule has 1 fully saturated rings. The molecular formula is C15H18F4N2O2. The number of amides is 1. The van der Waals surface area contributed by atoms with Gasteiger partial charge in [-0.15, -0.1) is 0 Å². The first-order chi connectivity index (χ1) is 10.7. The number of halogens is 4. The van der Waals surface area contributed by atoms with Gasteiger partial charge in [-0.1, -0.05) is 6.42 Å². The van der Waals surface area contributed by atoms with Gasteiger partial charge in [0.15, 0.2) is 6.61 Å². The summed E-state index contributed by atoms with van der Waals surface area (Å²) in [7, 11) is 0. The maximum Gasteiger partial charge on any atom is 0.422 e. The first kappa shape index (κ1) is 17.5. The van der Waals surface area contributed by atoms with E-state index < -0.39 is 18.6 Å². The quantitative estimate of drug-likeness (QED) is 0.813. The minimum absolute atomic E-state index is 0.00668. The molecule has 128 valence electrons. The van der Waals surface area contributed by atoms with Crippen LogP contribution in [0.15, 0.2) is 18.2 Å². The van der Waals surface area contributed by atoms with Gasteiger partial charge in [-0.2, -0.15) is 13.2 Å². The number of benzene rings is 1. The van der Waals surface area contributed by atoms with Crippen LogP contribution in [0.5, 0.6) is 5.75 Å². The van der Waals surface area contributed by atoms with Crippen LogP contribution in [0.25, 0.3) is 0 Å². The number of nitrogens with one attached hydrogen (secondary N) is 1. The number of carbonyl (C=O) groups excluding carboxylic acids is 1. The summed E-state index contributed by atoms with van der Waals surface area (Å²) in [5, 5.41) is 2.47. The Morgan fingerprint density at radius 3 is 2.70 bits per heavy atom. The van der Waals surface area contributed by atoms with Crippen molar-refractivity contribution in [2.45, 2.75) is 37.9 Å². The molecule has 23 heavy (non-hydrogen) atoms. The van der Waals surface area contributed by atoms with Crippen molar-refractivity contribution < 1.29 is 27.1 Å². The van der Waals surface area contributed by atoms with Gasteiger partial charge in [0.2, 0.25) is 5.91 Å². The Hall–Kier alpha value is -1.83. The third kappa shape index (κ3) is 5.38. The van der Waals surface area contributed by atoms with Gasteiger partial charge in [-0.25, -0.2) is 4.39 Å². The van der Waals surface area contributed by atoms with E-state index in [9.17, 15) is 22.4 Å². The Labute approximate surface area is 131 Å². The average Bonchev–Trinajstić information content (AvgIpc) is 2.83. The van der Waals surface area contributed by atoms with E-state index in [-0.39, 0.29) is 35.7 Å². The van der Waals surface area contributed by atoms with Crippen molar-refractivity contribution in [1.29, 1.82) is 0 Å². The van der Waals surface area contributed by atoms with Crippen LogP contribution in [0.4, 0.5) is 23.2 Å². The monoisotopic (exact) mass is 334 g/mol. The van der Waals surface area contributed by atoms with E-state index in [1.54, 1.807) is 0 Å². The highest BCUT2D eigenvalue weighted by Crippen LogP contribution is 2.30. The highest BCUT2D eigenvalue weighted by molar-refractivity contribution is 5.92. The fourth-order valence-electron chi connectivity index (χ4n) is 2.64. The summed E-state index contributed by atoms with van der Waals surface area (Å²) in [6.45, 7) is -1.56. The lowest BCUT2D eigenvalue weighted by Gasteiger charge is -2.17. The molecule has 0 spiro atoms. The van der Waals surface area contributed by atoms with E-state index in [0.29, 0.717) is 0 Å². The standard InChI is InChI=1S/C15H18F4N2O2/c16-10-4-5-12(13(7-10)23-8-15(17,18)19)21-14(22)6-9-2-1-3-11(9)20/h4-5,7,9,11H,1-3,6,8,20H2,(H,21,22)/t9-,11+/m0/s1. The van der Waals surface area contributed by atoms with Gasteiger partial charge in [0.05, 0.1) is 5.69 Å². The van der Waals surface area contributed by atoms with Gasteiger partial charge in [-0.05, 0) is 30.9 Å². The SMILES string of the molecule is N[C@@H]1CCC[C@H]1CC(=O)Nc1ccc(F)cc1OCC(F)(F)F. The van der Waals surface area contributed by atoms with Crippen molar-refractivity contribution in [3.63, 3.8) is 0 Å². The van der Waals surface area contributed by atoms with Crippen LogP contribution >= 0.6 is 0 Å². The van der Waals surface area contributed by atoms with E-state index >= 15 is 0 Å². The van der Waals surface area contributed by atoms with Gasteiger partial charge in [0.25, 0.3) is 0 Å². The summed E-state index contributed by atoms with van der Waals surface area (Å²) in [6, 6.07) is 2.97. The smallest absolute Gasteiger partial charge is 0.422 e. The summed E-state index contributed by atoms with van der Waals surface area (Å²) in [6.07, 6.45) is -1.72. The molecule has 2 atom stereocenters. The molecule has 1 amide bonds. The number of hydrogen-bond acceptors (Lipinski definition) is 3. The minimum atomic E-state index is -4.55. The number of anilines is 1.